The molecule has 0 saturated carbocycles. The predicted octanol–water partition coefficient (Wildman–Crippen LogP) is 22.2. The standard InChI is InChI=1S/C74H78N2/c1-10-12-14-16-20-55-26-30-57(31-27-55)59-34-41-62(42-35-59)75(64-39-24-51(3)53(5)46-64)72-49-70-67-45-38-61(74(7,8)9)48-71(67)73(50-69(70)66-22-18-19-23-68(66)72)76(65-40-25-52(4)54(6)47-65)63-43-36-60(37-44-63)58-32-28-56(29-33-58)21-17-15-13-11-2/h18-19,22-50H,10-17,20-21H2,1-9H3. The van der Waals surface area contributed by atoms with Crippen LogP contribution >= 0.6 is 0 Å². The third-order valence-corrected chi connectivity index (χ3v) is 16.2. The summed E-state index contributed by atoms with van der Waals surface area (Å²) in [6.45, 7) is 20.4. The first-order valence-corrected chi connectivity index (χ1v) is 28.4. The zero-order valence-corrected chi connectivity index (χ0v) is 46.9. The minimum atomic E-state index is -0.0600. The Morgan fingerprint density at radius 1 is 0.316 bits per heavy atom. The fourth-order valence-corrected chi connectivity index (χ4v) is 11.2. The van der Waals surface area contributed by atoms with E-state index >= 15 is 0 Å². The predicted molar refractivity (Wildman–Crippen MR) is 333 cm³/mol. The highest BCUT2D eigenvalue weighted by molar-refractivity contribution is 6.24. The third kappa shape index (κ3) is 11.1. The van der Waals surface area contributed by atoms with E-state index in [0.717, 1.165) is 41.3 Å². The van der Waals surface area contributed by atoms with E-state index in [0.29, 0.717) is 0 Å². The number of rotatable bonds is 18. The Hall–Kier alpha value is -7.42. The lowest BCUT2D eigenvalue weighted by Gasteiger charge is -2.31. The molecule has 0 radical (unpaired) electrons. The lowest BCUT2D eigenvalue weighted by atomic mass is 9.84. The zero-order valence-electron chi connectivity index (χ0n) is 46.9. The van der Waals surface area contributed by atoms with Crippen molar-refractivity contribution in [2.75, 3.05) is 9.80 Å². The summed E-state index contributed by atoms with van der Waals surface area (Å²) in [6.07, 6.45) is 12.6. The Morgan fingerprint density at radius 3 is 1.13 bits per heavy atom. The molecule has 10 aromatic rings. The minimum absolute atomic E-state index is 0.0600. The number of hydrogen-bond donors (Lipinski definition) is 0. The highest BCUT2D eigenvalue weighted by Crippen LogP contribution is 2.49. The van der Waals surface area contributed by atoms with Crippen LogP contribution in [0.1, 0.15) is 125 Å². The van der Waals surface area contributed by atoms with Crippen LogP contribution < -0.4 is 9.80 Å². The highest BCUT2D eigenvalue weighted by Gasteiger charge is 2.25. The maximum Gasteiger partial charge on any atom is 0.0546 e. The van der Waals surface area contributed by atoms with Gasteiger partial charge in [-0.3, -0.25) is 0 Å². The normalized spacial score (nSPS) is 11.8. The van der Waals surface area contributed by atoms with Crippen molar-refractivity contribution >= 4 is 66.4 Å². The third-order valence-electron chi connectivity index (χ3n) is 16.2. The van der Waals surface area contributed by atoms with E-state index in [1.807, 2.05) is 0 Å². The molecule has 0 unspecified atom stereocenters. The monoisotopic (exact) mass is 995 g/mol. The topological polar surface area (TPSA) is 6.48 Å². The summed E-state index contributed by atoms with van der Waals surface area (Å²) >= 11 is 0. The number of fused-ring (bicyclic) bond motifs is 5. The van der Waals surface area contributed by atoms with Gasteiger partial charge in [0.25, 0.3) is 0 Å². The molecule has 0 aliphatic rings. The molecule has 0 bridgehead atoms. The Morgan fingerprint density at radius 2 is 0.711 bits per heavy atom. The van der Waals surface area contributed by atoms with Crippen molar-refractivity contribution in [3.8, 4) is 22.3 Å². The molecular formula is C74H78N2. The van der Waals surface area contributed by atoms with Crippen molar-refractivity contribution in [2.45, 2.75) is 132 Å². The molecular weight excluding hydrogens is 917 g/mol. The number of aryl methyl sites for hydroxylation is 6. The lowest BCUT2D eigenvalue weighted by molar-refractivity contribution is 0.591. The second-order valence-corrected chi connectivity index (χ2v) is 22.8. The van der Waals surface area contributed by atoms with E-state index in [9.17, 15) is 0 Å². The van der Waals surface area contributed by atoms with Gasteiger partial charge in [0.1, 0.15) is 0 Å². The van der Waals surface area contributed by atoms with Gasteiger partial charge in [-0.25, -0.2) is 0 Å². The zero-order chi connectivity index (χ0) is 52.9. The largest absolute Gasteiger partial charge is 0.310 e. The van der Waals surface area contributed by atoms with Crippen LogP contribution in [-0.4, -0.2) is 0 Å². The first kappa shape index (κ1) is 52.0. The van der Waals surface area contributed by atoms with Crippen molar-refractivity contribution < 1.29 is 0 Å². The molecule has 10 rings (SSSR count). The van der Waals surface area contributed by atoms with Crippen LogP contribution in [0.4, 0.5) is 34.1 Å². The summed E-state index contributed by atoms with van der Waals surface area (Å²) in [5.74, 6) is 0. The molecule has 0 fully saturated rings. The van der Waals surface area contributed by atoms with Crippen LogP contribution in [0.5, 0.6) is 0 Å². The van der Waals surface area contributed by atoms with Gasteiger partial charge in [0, 0.05) is 33.5 Å². The fourth-order valence-electron chi connectivity index (χ4n) is 11.2. The molecule has 0 amide bonds. The molecule has 76 heavy (non-hydrogen) atoms. The van der Waals surface area contributed by atoms with Gasteiger partial charge in [-0.2, -0.15) is 0 Å². The average molecular weight is 995 g/mol. The average Bonchev–Trinajstić information content (AvgIpc) is 3.44. The van der Waals surface area contributed by atoms with Crippen LogP contribution in [0.25, 0.3) is 54.6 Å². The van der Waals surface area contributed by atoms with Gasteiger partial charge in [-0.15, -0.1) is 0 Å². The molecule has 0 aromatic heterocycles. The number of benzene rings is 10. The summed E-state index contributed by atoms with van der Waals surface area (Å²) in [4.78, 5) is 5.00. The van der Waals surface area contributed by atoms with Gasteiger partial charge in [0.05, 0.1) is 11.4 Å². The molecule has 384 valence electrons. The van der Waals surface area contributed by atoms with Gasteiger partial charge in [0.15, 0.2) is 0 Å². The molecule has 0 heterocycles. The van der Waals surface area contributed by atoms with Crippen LogP contribution in [0.3, 0.4) is 0 Å². The summed E-state index contributed by atoms with van der Waals surface area (Å²) in [5.41, 5.74) is 21.0. The van der Waals surface area contributed by atoms with Crippen molar-refractivity contribution in [1.82, 2.24) is 0 Å². The Balaban J connectivity index is 1.14. The minimum Gasteiger partial charge on any atom is -0.310 e. The molecule has 0 saturated heterocycles. The van der Waals surface area contributed by atoms with Crippen LogP contribution in [0, 0.1) is 27.7 Å². The van der Waals surface area contributed by atoms with Gasteiger partial charge < -0.3 is 9.80 Å². The van der Waals surface area contributed by atoms with E-state index < -0.39 is 0 Å². The number of unbranched alkanes of at least 4 members (excludes halogenated alkanes) is 6. The molecule has 2 heteroatoms. The fraction of sp³-hybridized carbons (Fsp3) is 0.270. The SMILES string of the molecule is CCCCCCc1ccc(-c2ccc(N(c3ccc(C)c(C)c3)c3cc4c5ccc(C(C)(C)C)cc5c(N(c5ccc(-c6ccc(CCCCCC)cc6)cc5)c5ccc(C)c(C)c5)cc4c4ccccc34)cc2)cc1. The van der Waals surface area contributed by atoms with Crippen LogP contribution in [-0.2, 0) is 18.3 Å². The molecule has 0 aliphatic carbocycles. The highest BCUT2D eigenvalue weighted by atomic mass is 15.2. The second kappa shape index (κ2) is 22.8. The molecule has 0 N–H and O–H groups in total. The van der Waals surface area contributed by atoms with Crippen molar-refractivity contribution in [1.29, 1.82) is 0 Å². The van der Waals surface area contributed by atoms with E-state index in [-0.39, 0.29) is 5.41 Å². The summed E-state index contributed by atoms with van der Waals surface area (Å²) in [5, 5.41) is 7.36. The summed E-state index contributed by atoms with van der Waals surface area (Å²) in [7, 11) is 0. The maximum atomic E-state index is 2.51. The van der Waals surface area contributed by atoms with Crippen molar-refractivity contribution in [3.05, 3.63) is 227 Å². The van der Waals surface area contributed by atoms with Crippen molar-refractivity contribution in [3.63, 3.8) is 0 Å². The number of nitrogens with zero attached hydrogens (tertiary/aromatic N) is 2. The Kier molecular flexibility index (Phi) is 15.6. The first-order valence-electron chi connectivity index (χ1n) is 28.4. The smallest absolute Gasteiger partial charge is 0.0546 e. The van der Waals surface area contributed by atoms with Gasteiger partial charge in [0.2, 0.25) is 0 Å². The van der Waals surface area contributed by atoms with Crippen molar-refractivity contribution in [2.24, 2.45) is 0 Å². The molecule has 2 nitrogen and oxygen atoms in total. The van der Waals surface area contributed by atoms with E-state index in [1.54, 1.807) is 0 Å². The maximum absolute atomic E-state index is 2.51. The molecule has 0 aliphatic heterocycles. The Labute approximate surface area is 455 Å². The van der Waals surface area contributed by atoms with E-state index in [2.05, 4.69) is 260 Å². The lowest BCUT2D eigenvalue weighted by Crippen LogP contribution is -2.14. The van der Waals surface area contributed by atoms with E-state index in [1.165, 1.54) is 151 Å². The number of hydrogen-bond acceptors (Lipinski definition) is 2. The molecule has 0 spiro atoms. The van der Waals surface area contributed by atoms with Gasteiger partial charge in [-0.05, 0) is 208 Å². The van der Waals surface area contributed by atoms with E-state index in [4.69, 9.17) is 0 Å². The summed E-state index contributed by atoms with van der Waals surface area (Å²) in [6, 6.07) is 72.2. The first-order chi connectivity index (χ1) is 36.9. The molecule has 10 aromatic carbocycles. The number of anilines is 6. The van der Waals surface area contributed by atoms with Gasteiger partial charge in [-0.1, -0.05) is 194 Å². The van der Waals surface area contributed by atoms with Crippen LogP contribution in [0.15, 0.2) is 188 Å². The summed E-state index contributed by atoms with van der Waals surface area (Å²) < 4.78 is 0. The quantitative estimate of drug-likeness (QED) is 0.0624. The second-order valence-electron chi connectivity index (χ2n) is 22.8. The van der Waals surface area contributed by atoms with Gasteiger partial charge >= 0.3 is 0 Å². The molecule has 0 atom stereocenters. The van der Waals surface area contributed by atoms with Crippen LogP contribution in [0.2, 0.25) is 0 Å². The Bertz CT molecular complexity index is 3610.